The molecule has 0 aromatic heterocycles. The van der Waals surface area contributed by atoms with Crippen molar-refractivity contribution in [2.45, 2.75) is 23.8 Å². The van der Waals surface area contributed by atoms with Gasteiger partial charge in [0.25, 0.3) is 11.6 Å². The van der Waals surface area contributed by atoms with Gasteiger partial charge in [-0.2, -0.15) is 0 Å². The third kappa shape index (κ3) is 6.71. The van der Waals surface area contributed by atoms with Gasteiger partial charge in [0.2, 0.25) is 10.0 Å². The molecule has 0 spiro atoms. The van der Waals surface area contributed by atoms with Crippen LogP contribution in [-0.2, 0) is 24.3 Å². The van der Waals surface area contributed by atoms with Crippen LogP contribution in [0.25, 0.3) is 0 Å². The molecule has 1 aliphatic heterocycles. The molecule has 0 saturated carbocycles. The van der Waals surface area contributed by atoms with Gasteiger partial charge in [0.05, 0.1) is 21.5 Å². The first-order valence-corrected chi connectivity index (χ1v) is 11.6. The maximum Gasteiger partial charge on any atom is 0.338 e. The van der Waals surface area contributed by atoms with E-state index in [2.05, 4.69) is 10.0 Å². The van der Waals surface area contributed by atoms with Gasteiger partial charge >= 0.3 is 5.97 Å². The normalized spacial score (nSPS) is 15.7. The zero-order valence-corrected chi connectivity index (χ0v) is 18.7. The highest BCUT2D eigenvalue weighted by Gasteiger charge is 2.21. The van der Waals surface area contributed by atoms with Crippen molar-refractivity contribution in [1.82, 2.24) is 4.72 Å². The molecule has 1 amide bonds. The quantitative estimate of drug-likeness (QED) is 0.304. The molecule has 2 aromatic rings. The van der Waals surface area contributed by atoms with E-state index in [9.17, 15) is 28.1 Å². The summed E-state index contributed by atoms with van der Waals surface area (Å²) in [6.45, 7) is 0.122. The molecule has 0 radical (unpaired) electrons. The number of carbonyl (C=O) groups excluding carboxylic acids is 2. The molecule has 2 aromatic carbocycles. The number of esters is 1. The topological polar surface area (TPSA) is 154 Å². The molecular formula is C20H20ClN3O8S. The van der Waals surface area contributed by atoms with E-state index in [1.165, 1.54) is 36.4 Å². The van der Waals surface area contributed by atoms with Crippen LogP contribution in [0.15, 0.2) is 47.4 Å². The number of nitro groups is 1. The second-order valence-corrected chi connectivity index (χ2v) is 9.23. The molecule has 1 saturated heterocycles. The van der Waals surface area contributed by atoms with Gasteiger partial charge < -0.3 is 14.8 Å². The van der Waals surface area contributed by atoms with E-state index in [4.69, 9.17) is 21.1 Å². The summed E-state index contributed by atoms with van der Waals surface area (Å²) in [6.07, 6.45) is 1.52. The zero-order valence-electron chi connectivity index (χ0n) is 17.2. The van der Waals surface area contributed by atoms with Gasteiger partial charge in [-0.1, -0.05) is 11.6 Å². The Hall–Kier alpha value is -3.06. The molecule has 13 heteroatoms. The Morgan fingerprint density at radius 3 is 2.58 bits per heavy atom. The minimum Gasteiger partial charge on any atom is -0.452 e. The molecule has 3 rings (SSSR count). The third-order valence-corrected chi connectivity index (χ3v) is 6.45. The van der Waals surface area contributed by atoms with Crippen LogP contribution in [-0.4, -0.2) is 51.1 Å². The number of amides is 1. The Bertz CT molecular complexity index is 1150. The summed E-state index contributed by atoms with van der Waals surface area (Å²) in [5.74, 6) is -1.57. The Morgan fingerprint density at radius 2 is 1.94 bits per heavy atom. The first kappa shape index (κ1) is 24.6. The summed E-state index contributed by atoms with van der Waals surface area (Å²) in [6, 6.07) is 8.73. The van der Waals surface area contributed by atoms with Gasteiger partial charge in [0.15, 0.2) is 6.61 Å². The van der Waals surface area contributed by atoms with Gasteiger partial charge in [-0.25, -0.2) is 17.9 Å². The minimum atomic E-state index is -3.77. The predicted molar refractivity (Wildman–Crippen MR) is 118 cm³/mol. The van der Waals surface area contributed by atoms with E-state index in [1.807, 2.05) is 0 Å². The fraction of sp³-hybridized carbons (Fsp3) is 0.300. The SMILES string of the molecule is O=C(COC(=O)c1ccc(S(=O)(=O)NCC2CCCO2)cc1)Nc1ccc(Cl)c([N+](=O)[O-])c1. The van der Waals surface area contributed by atoms with Crippen LogP contribution >= 0.6 is 11.6 Å². The Labute approximate surface area is 194 Å². The Balaban J connectivity index is 1.52. The number of sulfonamides is 1. The van der Waals surface area contributed by atoms with E-state index < -0.39 is 33.4 Å². The molecule has 0 aliphatic carbocycles. The van der Waals surface area contributed by atoms with Crippen LogP contribution in [0, 0.1) is 10.1 Å². The van der Waals surface area contributed by atoms with Gasteiger partial charge in [-0.3, -0.25) is 14.9 Å². The van der Waals surface area contributed by atoms with Crippen molar-refractivity contribution in [2.24, 2.45) is 0 Å². The van der Waals surface area contributed by atoms with E-state index >= 15 is 0 Å². The number of hydrogen-bond acceptors (Lipinski definition) is 8. The molecule has 1 heterocycles. The summed E-state index contributed by atoms with van der Waals surface area (Å²) < 4.78 is 37.5. The van der Waals surface area contributed by atoms with Gasteiger partial charge in [-0.15, -0.1) is 0 Å². The van der Waals surface area contributed by atoms with Crippen LogP contribution in [0.2, 0.25) is 5.02 Å². The number of halogens is 1. The largest absolute Gasteiger partial charge is 0.452 e. The first-order chi connectivity index (χ1) is 15.7. The number of nitrogens with one attached hydrogen (secondary N) is 2. The summed E-state index contributed by atoms with van der Waals surface area (Å²) in [7, 11) is -3.77. The van der Waals surface area contributed by atoms with Crippen molar-refractivity contribution >= 4 is 44.9 Å². The summed E-state index contributed by atoms with van der Waals surface area (Å²) in [5, 5.41) is 13.2. The van der Waals surface area contributed by atoms with Crippen molar-refractivity contribution in [3.63, 3.8) is 0 Å². The smallest absolute Gasteiger partial charge is 0.338 e. The van der Waals surface area contributed by atoms with Crippen LogP contribution < -0.4 is 10.0 Å². The van der Waals surface area contributed by atoms with Crippen LogP contribution in [0.5, 0.6) is 0 Å². The highest BCUT2D eigenvalue weighted by Crippen LogP contribution is 2.27. The minimum absolute atomic E-state index is 0.0286. The molecule has 33 heavy (non-hydrogen) atoms. The molecule has 1 aliphatic rings. The molecule has 1 unspecified atom stereocenters. The summed E-state index contributed by atoms with van der Waals surface area (Å²) in [4.78, 5) is 34.3. The highest BCUT2D eigenvalue weighted by atomic mass is 35.5. The fourth-order valence-corrected chi connectivity index (χ4v) is 4.26. The van der Waals surface area contributed by atoms with Gasteiger partial charge in [-0.05, 0) is 49.2 Å². The number of nitro benzene ring substituents is 1. The number of anilines is 1. The lowest BCUT2D eigenvalue weighted by Gasteiger charge is -2.11. The maximum absolute atomic E-state index is 12.4. The van der Waals surface area contributed by atoms with Gasteiger partial charge in [0.1, 0.15) is 5.02 Å². The number of hydrogen-bond donors (Lipinski definition) is 2. The number of carbonyl (C=O) groups is 2. The van der Waals surface area contributed by atoms with E-state index in [-0.39, 0.29) is 39.5 Å². The second-order valence-electron chi connectivity index (χ2n) is 7.06. The number of ether oxygens (including phenoxy) is 2. The monoisotopic (exact) mass is 497 g/mol. The van der Waals surface area contributed by atoms with Crippen molar-refractivity contribution in [3.8, 4) is 0 Å². The second kappa shape index (κ2) is 10.7. The number of rotatable bonds is 9. The van der Waals surface area contributed by atoms with Gasteiger partial charge in [0, 0.05) is 24.9 Å². The van der Waals surface area contributed by atoms with Crippen molar-refractivity contribution in [2.75, 3.05) is 25.1 Å². The predicted octanol–water partition coefficient (Wildman–Crippen LogP) is 2.50. The van der Waals surface area contributed by atoms with Crippen molar-refractivity contribution in [1.29, 1.82) is 0 Å². The molecule has 2 N–H and O–H groups in total. The van der Waals surface area contributed by atoms with E-state index in [0.29, 0.717) is 6.61 Å². The van der Waals surface area contributed by atoms with E-state index in [0.717, 1.165) is 18.9 Å². The average Bonchev–Trinajstić information content (AvgIpc) is 3.31. The number of nitrogens with zero attached hydrogens (tertiary/aromatic N) is 1. The van der Waals surface area contributed by atoms with Crippen LogP contribution in [0.4, 0.5) is 11.4 Å². The number of benzene rings is 2. The lowest BCUT2D eigenvalue weighted by molar-refractivity contribution is -0.384. The van der Waals surface area contributed by atoms with Crippen LogP contribution in [0.1, 0.15) is 23.2 Å². The molecule has 11 nitrogen and oxygen atoms in total. The lowest BCUT2D eigenvalue weighted by atomic mass is 10.2. The van der Waals surface area contributed by atoms with Crippen molar-refractivity contribution < 1.29 is 32.4 Å². The van der Waals surface area contributed by atoms with Crippen LogP contribution in [0.3, 0.4) is 0 Å². The molecule has 176 valence electrons. The standard InChI is InChI=1S/C20H20ClN3O8S/c21-17-8-5-14(10-18(17)24(27)28)23-19(25)12-32-20(26)13-3-6-16(7-4-13)33(29,30)22-11-15-2-1-9-31-15/h3-8,10,15,22H,1-2,9,11-12H2,(H,23,25). The Morgan fingerprint density at radius 1 is 1.21 bits per heavy atom. The molecule has 1 atom stereocenters. The zero-order chi connectivity index (χ0) is 24.0. The summed E-state index contributed by atoms with van der Waals surface area (Å²) >= 11 is 5.71. The summed E-state index contributed by atoms with van der Waals surface area (Å²) in [5.41, 5.74) is -0.230. The first-order valence-electron chi connectivity index (χ1n) is 9.78. The molecule has 1 fully saturated rings. The lowest BCUT2D eigenvalue weighted by Crippen LogP contribution is -2.31. The van der Waals surface area contributed by atoms with E-state index in [1.54, 1.807) is 0 Å². The third-order valence-electron chi connectivity index (χ3n) is 4.69. The molecular weight excluding hydrogens is 478 g/mol. The maximum atomic E-state index is 12.4. The van der Waals surface area contributed by atoms with Crippen molar-refractivity contribution in [3.05, 3.63) is 63.2 Å². The highest BCUT2D eigenvalue weighted by molar-refractivity contribution is 7.89. The molecule has 0 bridgehead atoms. The average molecular weight is 498 g/mol. The Kier molecular flexibility index (Phi) is 7.97. The fourth-order valence-electron chi connectivity index (χ4n) is 3.00.